The highest BCUT2D eigenvalue weighted by atomic mass is 32.1. The highest BCUT2D eigenvalue weighted by molar-refractivity contribution is 7.17. The Morgan fingerprint density at radius 1 is 1.03 bits per heavy atom. The number of amides is 1. The molecular weight excluding hydrogens is 434 g/mol. The molecule has 1 heterocycles. The van der Waals surface area contributed by atoms with E-state index in [1.165, 1.54) is 16.9 Å². The quantitative estimate of drug-likeness (QED) is 0.343. The van der Waals surface area contributed by atoms with Gasteiger partial charge in [0.15, 0.2) is 0 Å². The standard InChI is InChI=1S/C27H31NO4S/c1-6-16-32-27(30)24-23(20-10-8-19(9-11-20)17(3)7-2)18(4)33-26(24)28-25(29)21-12-14-22(31-5)15-13-21/h8-15,17H,6-7,16H2,1-5H3,(H,28,29). The van der Waals surface area contributed by atoms with Crippen LogP contribution >= 0.6 is 11.3 Å². The van der Waals surface area contributed by atoms with Crippen molar-refractivity contribution in [2.45, 2.75) is 46.5 Å². The Hall–Kier alpha value is -3.12. The van der Waals surface area contributed by atoms with Gasteiger partial charge in [-0.1, -0.05) is 45.0 Å². The molecular formula is C27H31NO4S. The Morgan fingerprint density at radius 2 is 1.70 bits per heavy atom. The normalized spacial score (nSPS) is 11.7. The van der Waals surface area contributed by atoms with Crippen LogP contribution < -0.4 is 10.1 Å². The van der Waals surface area contributed by atoms with E-state index in [0.717, 1.165) is 28.8 Å². The van der Waals surface area contributed by atoms with Gasteiger partial charge in [0.05, 0.1) is 13.7 Å². The molecule has 1 N–H and O–H groups in total. The summed E-state index contributed by atoms with van der Waals surface area (Å²) in [4.78, 5) is 26.9. The summed E-state index contributed by atoms with van der Waals surface area (Å²) < 4.78 is 10.7. The van der Waals surface area contributed by atoms with Crippen LogP contribution in [-0.2, 0) is 4.74 Å². The minimum atomic E-state index is -0.424. The Bertz CT molecular complexity index is 1100. The molecule has 0 bridgehead atoms. The van der Waals surface area contributed by atoms with Gasteiger partial charge >= 0.3 is 5.97 Å². The van der Waals surface area contributed by atoms with Crippen LogP contribution in [0, 0.1) is 6.92 Å². The van der Waals surface area contributed by atoms with Crippen molar-refractivity contribution < 1.29 is 19.1 Å². The average Bonchev–Trinajstić information content (AvgIpc) is 3.17. The molecule has 0 spiro atoms. The zero-order valence-electron chi connectivity index (χ0n) is 19.9. The monoisotopic (exact) mass is 465 g/mol. The van der Waals surface area contributed by atoms with E-state index in [1.807, 2.05) is 26.0 Å². The molecule has 0 aliphatic heterocycles. The summed E-state index contributed by atoms with van der Waals surface area (Å²) in [6, 6.07) is 15.2. The molecule has 0 radical (unpaired) electrons. The Morgan fingerprint density at radius 3 is 2.27 bits per heavy atom. The van der Waals surface area contributed by atoms with Crippen LogP contribution in [0.5, 0.6) is 5.75 Å². The van der Waals surface area contributed by atoms with Crippen molar-refractivity contribution in [3.63, 3.8) is 0 Å². The van der Waals surface area contributed by atoms with Gasteiger partial charge in [-0.3, -0.25) is 4.79 Å². The minimum absolute atomic E-state index is 0.290. The van der Waals surface area contributed by atoms with Crippen LogP contribution in [0.4, 0.5) is 5.00 Å². The third kappa shape index (κ3) is 5.63. The number of hydrogen-bond acceptors (Lipinski definition) is 5. The van der Waals surface area contributed by atoms with Gasteiger partial charge in [-0.25, -0.2) is 4.79 Å². The van der Waals surface area contributed by atoms with Gasteiger partial charge < -0.3 is 14.8 Å². The first-order valence-corrected chi connectivity index (χ1v) is 12.1. The number of rotatable bonds is 9. The largest absolute Gasteiger partial charge is 0.497 e. The summed E-state index contributed by atoms with van der Waals surface area (Å²) in [5, 5.41) is 3.43. The Balaban J connectivity index is 1.99. The molecule has 0 fully saturated rings. The smallest absolute Gasteiger partial charge is 0.341 e. The van der Waals surface area contributed by atoms with Crippen molar-refractivity contribution >= 4 is 28.2 Å². The van der Waals surface area contributed by atoms with Crippen molar-refractivity contribution in [1.82, 2.24) is 0 Å². The van der Waals surface area contributed by atoms with Crippen LogP contribution in [0.15, 0.2) is 48.5 Å². The van der Waals surface area contributed by atoms with Gasteiger partial charge in [-0.15, -0.1) is 11.3 Å². The second-order valence-electron chi connectivity index (χ2n) is 7.99. The molecule has 5 nitrogen and oxygen atoms in total. The summed E-state index contributed by atoms with van der Waals surface area (Å²) in [7, 11) is 1.58. The van der Waals surface area contributed by atoms with Crippen molar-refractivity contribution in [2.75, 3.05) is 19.0 Å². The number of carbonyl (C=O) groups is 2. The number of methoxy groups -OCH3 is 1. The fourth-order valence-corrected chi connectivity index (χ4v) is 4.63. The fourth-order valence-electron chi connectivity index (χ4n) is 3.57. The first-order valence-electron chi connectivity index (χ1n) is 11.3. The summed E-state index contributed by atoms with van der Waals surface area (Å²) >= 11 is 1.39. The van der Waals surface area contributed by atoms with Gasteiger partial charge in [0.25, 0.3) is 5.91 Å². The van der Waals surface area contributed by atoms with E-state index >= 15 is 0 Å². The van der Waals surface area contributed by atoms with Gasteiger partial charge in [0.2, 0.25) is 0 Å². The molecule has 6 heteroatoms. The molecule has 0 saturated heterocycles. The molecule has 2 aromatic carbocycles. The molecule has 1 unspecified atom stereocenters. The first-order chi connectivity index (χ1) is 15.9. The van der Waals surface area contributed by atoms with E-state index in [9.17, 15) is 9.59 Å². The van der Waals surface area contributed by atoms with Crippen LogP contribution in [0.2, 0.25) is 0 Å². The third-order valence-electron chi connectivity index (χ3n) is 5.69. The molecule has 0 aliphatic rings. The number of nitrogens with one attached hydrogen (secondary N) is 1. The number of aryl methyl sites for hydroxylation is 1. The molecule has 1 amide bonds. The topological polar surface area (TPSA) is 64.6 Å². The van der Waals surface area contributed by atoms with Crippen LogP contribution in [-0.4, -0.2) is 25.6 Å². The van der Waals surface area contributed by atoms with E-state index in [2.05, 4.69) is 31.3 Å². The van der Waals surface area contributed by atoms with E-state index in [1.54, 1.807) is 31.4 Å². The van der Waals surface area contributed by atoms with Crippen molar-refractivity contribution in [1.29, 1.82) is 0 Å². The Kier molecular flexibility index (Phi) is 8.28. The molecule has 1 aromatic heterocycles. The third-order valence-corrected chi connectivity index (χ3v) is 6.71. The number of hydrogen-bond donors (Lipinski definition) is 1. The van der Waals surface area contributed by atoms with Crippen LogP contribution in [0.3, 0.4) is 0 Å². The van der Waals surface area contributed by atoms with Gasteiger partial charge in [0, 0.05) is 16.0 Å². The lowest BCUT2D eigenvalue weighted by Gasteiger charge is -2.12. The molecule has 3 aromatic rings. The molecule has 33 heavy (non-hydrogen) atoms. The van der Waals surface area contributed by atoms with E-state index in [0.29, 0.717) is 34.4 Å². The number of anilines is 1. The predicted octanol–water partition coefficient (Wildman–Crippen LogP) is 7.06. The van der Waals surface area contributed by atoms with Gasteiger partial charge in [-0.2, -0.15) is 0 Å². The predicted molar refractivity (Wildman–Crippen MR) is 135 cm³/mol. The number of ether oxygens (including phenoxy) is 2. The highest BCUT2D eigenvalue weighted by Gasteiger charge is 2.26. The zero-order valence-corrected chi connectivity index (χ0v) is 20.7. The van der Waals surface area contributed by atoms with E-state index < -0.39 is 5.97 Å². The van der Waals surface area contributed by atoms with E-state index in [-0.39, 0.29) is 5.91 Å². The van der Waals surface area contributed by atoms with Gasteiger partial charge in [0.1, 0.15) is 16.3 Å². The summed E-state index contributed by atoms with van der Waals surface area (Å²) in [5.74, 6) is 0.427. The maximum absolute atomic E-state index is 13.1. The molecule has 0 saturated carbocycles. The van der Waals surface area contributed by atoms with Crippen molar-refractivity contribution in [3.05, 3.63) is 70.1 Å². The Labute approximate surface area is 199 Å². The zero-order chi connectivity index (χ0) is 24.0. The summed E-state index contributed by atoms with van der Waals surface area (Å²) in [6.45, 7) is 8.60. The lowest BCUT2D eigenvalue weighted by Crippen LogP contribution is -2.15. The maximum Gasteiger partial charge on any atom is 0.341 e. The molecule has 0 aliphatic carbocycles. The number of carbonyl (C=O) groups excluding carboxylic acids is 2. The van der Waals surface area contributed by atoms with Crippen molar-refractivity contribution in [2.24, 2.45) is 0 Å². The maximum atomic E-state index is 13.1. The SMILES string of the molecule is CCCOC(=O)c1c(NC(=O)c2ccc(OC)cc2)sc(C)c1-c1ccc(C(C)CC)cc1. The van der Waals surface area contributed by atoms with Gasteiger partial charge in [-0.05, 0) is 61.1 Å². The number of benzene rings is 2. The van der Waals surface area contributed by atoms with Crippen LogP contribution in [0.1, 0.15) is 70.7 Å². The van der Waals surface area contributed by atoms with Crippen molar-refractivity contribution in [3.8, 4) is 16.9 Å². The number of esters is 1. The summed E-state index contributed by atoms with van der Waals surface area (Å²) in [6.07, 6.45) is 1.79. The fraction of sp³-hybridized carbons (Fsp3) is 0.333. The first kappa shape index (κ1) is 24.5. The lowest BCUT2D eigenvalue weighted by molar-refractivity contribution is 0.0507. The summed E-state index contributed by atoms with van der Waals surface area (Å²) in [5.41, 5.74) is 3.89. The molecule has 174 valence electrons. The molecule has 1 atom stereocenters. The highest BCUT2D eigenvalue weighted by Crippen LogP contribution is 2.41. The molecule has 3 rings (SSSR count). The second kappa shape index (κ2) is 11.1. The van der Waals surface area contributed by atoms with E-state index in [4.69, 9.17) is 9.47 Å². The average molecular weight is 466 g/mol. The number of thiophene rings is 1. The van der Waals surface area contributed by atoms with Crippen LogP contribution in [0.25, 0.3) is 11.1 Å². The minimum Gasteiger partial charge on any atom is -0.497 e. The lowest BCUT2D eigenvalue weighted by atomic mass is 9.94. The second-order valence-corrected chi connectivity index (χ2v) is 9.21.